The van der Waals surface area contributed by atoms with Crippen molar-refractivity contribution in [2.45, 2.75) is 44.9 Å². The third-order valence-electron chi connectivity index (χ3n) is 3.58. The first-order chi connectivity index (χ1) is 11.6. The molecule has 0 aromatic heterocycles. The number of hydrogen-bond acceptors (Lipinski definition) is 5. The Morgan fingerprint density at radius 1 is 0.958 bits per heavy atom. The van der Waals surface area contributed by atoms with Gasteiger partial charge < -0.3 is 15.2 Å². The van der Waals surface area contributed by atoms with Gasteiger partial charge >= 0.3 is 6.09 Å². The average Bonchev–Trinajstić information content (AvgIpc) is 2.56. The number of carbonyl (C=O) groups excluding carboxylic acids is 1. The molecule has 0 saturated carbocycles. The molecule has 0 aliphatic heterocycles. The number of rotatable bonds is 13. The summed E-state index contributed by atoms with van der Waals surface area (Å²) in [6.45, 7) is 1.87. The van der Waals surface area contributed by atoms with Crippen LogP contribution >= 0.6 is 0 Å². The quantitative estimate of drug-likeness (QED) is 0.336. The van der Waals surface area contributed by atoms with Crippen molar-refractivity contribution in [2.24, 2.45) is 5.73 Å². The first-order valence-electron chi connectivity index (χ1n) is 8.33. The number of non-ortho nitro benzene ring substituents is 1. The van der Waals surface area contributed by atoms with Crippen LogP contribution in [-0.4, -0.2) is 30.8 Å². The van der Waals surface area contributed by atoms with Crippen molar-refractivity contribution in [1.82, 2.24) is 0 Å². The molecular weight excluding hydrogens is 312 g/mol. The molecule has 2 N–H and O–H groups in total. The summed E-state index contributed by atoms with van der Waals surface area (Å²) in [6.07, 6.45) is 6.04. The monoisotopic (exact) mass is 338 g/mol. The lowest BCUT2D eigenvalue weighted by atomic mass is 10.1. The molecule has 0 unspecified atom stereocenters. The first-order valence-corrected chi connectivity index (χ1v) is 8.33. The summed E-state index contributed by atoms with van der Waals surface area (Å²) in [5.41, 5.74) is 6.10. The fourth-order valence-electron chi connectivity index (χ4n) is 2.25. The van der Waals surface area contributed by atoms with Crippen LogP contribution < -0.4 is 5.73 Å². The number of ether oxygens (including phenoxy) is 2. The maximum atomic E-state index is 10.6. The number of nitrogens with two attached hydrogens (primary N) is 1. The summed E-state index contributed by atoms with van der Waals surface area (Å²) in [7, 11) is 0. The number of benzene rings is 1. The number of primary amides is 1. The molecule has 1 aromatic rings. The number of hydrogen-bond donors (Lipinski definition) is 1. The number of nitro groups is 1. The van der Waals surface area contributed by atoms with E-state index in [1.54, 1.807) is 24.3 Å². The van der Waals surface area contributed by atoms with Crippen molar-refractivity contribution in [3.8, 4) is 0 Å². The van der Waals surface area contributed by atoms with Gasteiger partial charge in [0, 0.05) is 25.3 Å². The number of amides is 1. The summed E-state index contributed by atoms with van der Waals surface area (Å²) in [4.78, 5) is 20.5. The summed E-state index contributed by atoms with van der Waals surface area (Å²) in [5.74, 6) is 0. The predicted octanol–water partition coefficient (Wildman–Crippen LogP) is 3.59. The van der Waals surface area contributed by atoms with E-state index in [1.807, 2.05) is 0 Å². The van der Waals surface area contributed by atoms with Crippen LogP contribution in [0.4, 0.5) is 10.5 Å². The zero-order valence-corrected chi connectivity index (χ0v) is 13.9. The Balaban J connectivity index is 1.90. The molecule has 134 valence electrons. The maximum Gasteiger partial charge on any atom is 0.404 e. The van der Waals surface area contributed by atoms with Gasteiger partial charge in [-0.15, -0.1) is 0 Å². The van der Waals surface area contributed by atoms with Crippen LogP contribution in [0.15, 0.2) is 24.3 Å². The highest BCUT2D eigenvalue weighted by molar-refractivity contribution is 5.64. The van der Waals surface area contributed by atoms with Gasteiger partial charge in [-0.2, -0.15) is 0 Å². The van der Waals surface area contributed by atoms with E-state index in [4.69, 9.17) is 10.5 Å². The molecule has 0 spiro atoms. The molecule has 0 aliphatic carbocycles. The van der Waals surface area contributed by atoms with Gasteiger partial charge in [-0.25, -0.2) is 4.79 Å². The molecule has 1 rings (SSSR count). The number of nitro benzene ring substituents is 1. The van der Waals surface area contributed by atoms with Gasteiger partial charge in [0.05, 0.1) is 11.5 Å². The normalized spacial score (nSPS) is 10.5. The standard InChI is InChI=1S/C17H26N2O5/c18-17(20)24-14-5-2-1-4-12-23-13-6-3-7-15-8-10-16(11-9-15)19(21)22/h8-11H,1-7,12-14H2,(H2,18,20). The molecule has 7 nitrogen and oxygen atoms in total. The number of aryl methyl sites for hydroxylation is 1. The zero-order chi connectivity index (χ0) is 17.6. The fourth-order valence-corrected chi connectivity index (χ4v) is 2.25. The van der Waals surface area contributed by atoms with Gasteiger partial charge in [0.2, 0.25) is 0 Å². The van der Waals surface area contributed by atoms with Crippen molar-refractivity contribution in [1.29, 1.82) is 0 Å². The molecule has 0 fully saturated rings. The van der Waals surface area contributed by atoms with E-state index in [0.29, 0.717) is 6.61 Å². The third-order valence-corrected chi connectivity index (χ3v) is 3.58. The topological polar surface area (TPSA) is 105 Å². The van der Waals surface area contributed by atoms with Crippen molar-refractivity contribution in [3.63, 3.8) is 0 Å². The molecule has 0 saturated heterocycles. The zero-order valence-electron chi connectivity index (χ0n) is 13.9. The van der Waals surface area contributed by atoms with Gasteiger partial charge in [0.15, 0.2) is 0 Å². The van der Waals surface area contributed by atoms with Crippen LogP contribution in [0.2, 0.25) is 0 Å². The SMILES string of the molecule is NC(=O)OCCCCCCOCCCCc1ccc([N+](=O)[O-])cc1. The molecule has 1 amide bonds. The largest absolute Gasteiger partial charge is 0.450 e. The Kier molecular flexibility index (Phi) is 10.2. The third kappa shape index (κ3) is 9.78. The lowest BCUT2D eigenvalue weighted by Gasteiger charge is -2.05. The van der Waals surface area contributed by atoms with Crippen molar-refractivity contribution >= 4 is 11.8 Å². The molecule has 7 heteroatoms. The van der Waals surface area contributed by atoms with E-state index in [2.05, 4.69) is 4.74 Å². The first kappa shape index (κ1) is 19.9. The molecular formula is C17H26N2O5. The highest BCUT2D eigenvalue weighted by atomic mass is 16.6. The molecule has 1 aromatic carbocycles. The van der Waals surface area contributed by atoms with E-state index in [9.17, 15) is 14.9 Å². The lowest BCUT2D eigenvalue weighted by Crippen LogP contribution is -2.13. The van der Waals surface area contributed by atoms with Crippen LogP contribution in [0.25, 0.3) is 0 Å². The Hall–Kier alpha value is -2.15. The van der Waals surface area contributed by atoms with E-state index in [-0.39, 0.29) is 10.6 Å². The second-order valence-corrected chi connectivity index (χ2v) is 5.57. The van der Waals surface area contributed by atoms with Gasteiger partial charge in [-0.3, -0.25) is 10.1 Å². The molecule has 24 heavy (non-hydrogen) atoms. The molecule has 0 atom stereocenters. The minimum Gasteiger partial charge on any atom is -0.450 e. The minimum absolute atomic E-state index is 0.128. The minimum atomic E-state index is -0.716. The Bertz CT molecular complexity index is 490. The van der Waals surface area contributed by atoms with Crippen LogP contribution in [0.3, 0.4) is 0 Å². The number of unbranched alkanes of at least 4 members (excludes halogenated alkanes) is 4. The smallest absolute Gasteiger partial charge is 0.404 e. The van der Waals surface area contributed by atoms with Crippen LogP contribution in [-0.2, 0) is 15.9 Å². The van der Waals surface area contributed by atoms with Crippen molar-refractivity contribution in [2.75, 3.05) is 19.8 Å². The number of nitrogens with zero attached hydrogens (tertiary/aromatic N) is 1. The van der Waals surface area contributed by atoms with Crippen molar-refractivity contribution in [3.05, 3.63) is 39.9 Å². The van der Waals surface area contributed by atoms with Gasteiger partial charge in [0.25, 0.3) is 5.69 Å². The summed E-state index contributed by atoms with van der Waals surface area (Å²) in [5, 5.41) is 10.6. The maximum absolute atomic E-state index is 10.6. The molecule has 0 heterocycles. The Morgan fingerprint density at radius 3 is 2.12 bits per heavy atom. The van der Waals surface area contributed by atoms with Crippen LogP contribution in [0, 0.1) is 10.1 Å². The van der Waals surface area contributed by atoms with Crippen LogP contribution in [0.1, 0.15) is 44.1 Å². The lowest BCUT2D eigenvalue weighted by molar-refractivity contribution is -0.384. The Morgan fingerprint density at radius 2 is 1.54 bits per heavy atom. The number of carbonyl (C=O) groups is 1. The fraction of sp³-hybridized carbons (Fsp3) is 0.588. The highest BCUT2D eigenvalue weighted by Crippen LogP contribution is 2.13. The van der Waals surface area contributed by atoms with Gasteiger partial charge in [-0.1, -0.05) is 18.6 Å². The van der Waals surface area contributed by atoms with E-state index in [0.717, 1.165) is 63.7 Å². The molecule has 0 bridgehead atoms. The van der Waals surface area contributed by atoms with E-state index < -0.39 is 6.09 Å². The molecule has 0 aliphatic rings. The van der Waals surface area contributed by atoms with Crippen LogP contribution in [0.5, 0.6) is 0 Å². The molecule has 0 radical (unpaired) electrons. The highest BCUT2D eigenvalue weighted by Gasteiger charge is 2.03. The summed E-state index contributed by atoms with van der Waals surface area (Å²) >= 11 is 0. The van der Waals surface area contributed by atoms with Crippen molar-refractivity contribution < 1.29 is 19.2 Å². The van der Waals surface area contributed by atoms with E-state index >= 15 is 0 Å². The summed E-state index contributed by atoms with van der Waals surface area (Å²) in [6, 6.07) is 6.70. The predicted molar refractivity (Wildman–Crippen MR) is 90.9 cm³/mol. The van der Waals surface area contributed by atoms with E-state index in [1.165, 1.54) is 0 Å². The van der Waals surface area contributed by atoms with Gasteiger partial charge in [0.1, 0.15) is 0 Å². The van der Waals surface area contributed by atoms with Gasteiger partial charge in [-0.05, 0) is 44.1 Å². The second-order valence-electron chi connectivity index (χ2n) is 5.57. The second kappa shape index (κ2) is 12.3. The average molecular weight is 338 g/mol. The Labute approximate surface area is 142 Å². The summed E-state index contributed by atoms with van der Waals surface area (Å²) < 4.78 is 10.2.